The quantitative estimate of drug-likeness (QED) is 0.904. The maximum absolute atomic E-state index is 11.6. The number of hydrogen-bond acceptors (Lipinski definition) is 3. The van der Waals surface area contributed by atoms with Crippen LogP contribution in [0.15, 0.2) is 18.2 Å². The smallest absolute Gasteiger partial charge is 0.314 e. The molecular weight excluding hydrogens is 242 g/mol. The van der Waals surface area contributed by atoms with Crippen molar-refractivity contribution in [2.75, 3.05) is 25.1 Å². The van der Waals surface area contributed by atoms with Gasteiger partial charge in [-0.15, -0.1) is 0 Å². The van der Waals surface area contributed by atoms with Crippen LogP contribution < -0.4 is 9.64 Å². The second-order valence-electron chi connectivity index (χ2n) is 5.46. The highest BCUT2D eigenvalue weighted by molar-refractivity contribution is 5.88. The zero-order valence-electron chi connectivity index (χ0n) is 11.2. The summed E-state index contributed by atoms with van der Waals surface area (Å²) in [6.07, 6.45) is 3.84. The van der Waals surface area contributed by atoms with Crippen molar-refractivity contribution in [1.29, 1.82) is 0 Å². The molecule has 19 heavy (non-hydrogen) atoms. The van der Waals surface area contributed by atoms with Crippen LogP contribution in [0.2, 0.25) is 0 Å². The molecule has 0 spiro atoms. The third kappa shape index (κ3) is 1.95. The summed E-state index contributed by atoms with van der Waals surface area (Å²) in [6.45, 7) is 2.05. The fraction of sp³-hybridized carbons (Fsp3) is 0.533. The molecule has 0 aromatic heterocycles. The van der Waals surface area contributed by atoms with E-state index in [1.54, 1.807) is 7.11 Å². The van der Waals surface area contributed by atoms with Crippen LogP contribution in [0.5, 0.6) is 5.75 Å². The molecule has 1 aromatic carbocycles. The number of carboxylic acids is 1. The third-order valence-corrected chi connectivity index (χ3v) is 4.33. The lowest BCUT2D eigenvalue weighted by molar-refractivity contribution is -0.140. The predicted molar refractivity (Wildman–Crippen MR) is 73.0 cm³/mol. The molecule has 1 N–H and O–H groups in total. The van der Waals surface area contributed by atoms with E-state index in [1.807, 2.05) is 18.2 Å². The van der Waals surface area contributed by atoms with Gasteiger partial charge in [-0.1, -0.05) is 0 Å². The van der Waals surface area contributed by atoms with E-state index >= 15 is 0 Å². The summed E-state index contributed by atoms with van der Waals surface area (Å²) < 4.78 is 5.26. The van der Waals surface area contributed by atoms with E-state index < -0.39 is 11.4 Å². The fourth-order valence-corrected chi connectivity index (χ4v) is 2.98. The Kier molecular flexibility index (Phi) is 2.88. The number of carbonyl (C=O) groups is 1. The molecule has 0 unspecified atom stereocenters. The van der Waals surface area contributed by atoms with Gasteiger partial charge in [0, 0.05) is 18.8 Å². The van der Waals surface area contributed by atoms with Gasteiger partial charge in [-0.05, 0) is 49.4 Å². The Labute approximate surface area is 113 Å². The van der Waals surface area contributed by atoms with Gasteiger partial charge in [-0.25, -0.2) is 0 Å². The molecular formula is C15H19NO3. The molecule has 2 aliphatic rings. The molecule has 1 aliphatic heterocycles. The van der Waals surface area contributed by atoms with Gasteiger partial charge in [0.1, 0.15) is 5.75 Å². The van der Waals surface area contributed by atoms with Gasteiger partial charge < -0.3 is 14.7 Å². The Morgan fingerprint density at radius 2 is 2.00 bits per heavy atom. The van der Waals surface area contributed by atoms with Crippen LogP contribution in [0.25, 0.3) is 0 Å². The summed E-state index contributed by atoms with van der Waals surface area (Å²) in [6, 6.07) is 5.85. The Balaban J connectivity index is 2.06. The molecule has 2 fully saturated rings. The number of carboxylic acid groups (broad SMARTS) is 1. The third-order valence-electron chi connectivity index (χ3n) is 4.33. The summed E-state index contributed by atoms with van der Waals surface area (Å²) in [4.78, 5) is 13.9. The Morgan fingerprint density at radius 1 is 1.32 bits per heavy atom. The number of hydrogen-bond donors (Lipinski definition) is 1. The first-order valence-electron chi connectivity index (χ1n) is 6.84. The van der Waals surface area contributed by atoms with Crippen molar-refractivity contribution < 1.29 is 14.6 Å². The highest BCUT2D eigenvalue weighted by atomic mass is 16.5. The molecule has 1 saturated heterocycles. The van der Waals surface area contributed by atoms with Gasteiger partial charge in [-0.2, -0.15) is 0 Å². The van der Waals surface area contributed by atoms with Gasteiger partial charge in [-0.3, -0.25) is 4.79 Å². The monoisotopic (exact) mass is 261 g/mol. The van der Waals surface area contributed by atoms with Crippen LogP contribution >= 0.6 is 0 Å². The lowest BCUT2D eigenvalue weighted by Crippen LogP contribution is -2.26. The number of ether oxygens (including phenoxy) is 1. The van der Waals surface area contributed by atoms with Gasteiger partial charge in [0.05, 0.1) is 12.5 Å². The second-order valence-corrected chi connectivity index (χ2v) is 5.46. The summed E-state index contributed by atoms with van der Waals surface area (Å²) in [5.41, 5.74) is 1.34. The van der Waals surface area contributed by atoms with E-state index in [2.05, 4.69) is 4.90 Å². The van der Waals surface area contributed by atoms with E-state index in [4.69, 9.17) is 4.74 Å². The maximum Gasteiger partial charge on any atom is 0.314 e. The van der Waals surface area contributed by atoms with Gasteiger partial charge >= 0.3 is 5.97 Å². The van der Waals surface area contributed by atoms with E-state index in [0.717, 1.165) is 42.9 Å². The second kappa shape index (κ2) is 4.44. The van der Waals surface area contributed by atoms with Crippen LogP contribution in [0, 0.1) is 0 Å². The minimum Gasteiger partial charge on any atom is -0.497 e. The van der Waals surface area contributed by atoms with Crippen LogP contribution in [0.4, 0.5) is 5.69 Å². The van der Waals surface area contributed by atoms with Crippen molar-refractivity contribution >= 4 is 11.7 Å². The van der Waals surface area contributed by atoms with Gasteiger partial charge in [0.25, 0.3) is 0 Å². The molecule has 1 saturated carbocycles. The molecule has 0 atom stereocenters. The summed E-state index contributed by atoms with van der Waals surface area (Å²) in [7, 11) is 1.62. The number of rotatable bonds is 4. The fourth-order valence-electron chi connectivity index (χ4n) is 2.98. The Bertz CT molecular complexity index is 502. The number of anilines is 1. The number of nitrogens with zero attached hydrogens (tertiary/aromatic N) is 1. The predicted octanol–water partition coefficient (Wildman–Crippen LogP) is 2.41. The van der Waals surface area contributed by atoms with E-state index in [0.29, 0.717) is 0 Å². The highest BCUT2D eigenvalue weighted by Crippen LogP contribution is 2.52. The normalized spacial score (nSPS) is 20.4. The highest BCUT2D eigenvalue weighted by Gasteiger charge is 2.53. The summed E-state index contributed by atoms with van der Waals surface area (Å²) in [5, 5.41) is 9.53. The summed E-state index contributed by atoms with van der Waals surface area (Å²) >= 11 is 0. The Morgan fingerprint density at radius 3 is 2.53 bits per heavy atom. The van der Waals surface area contributed by atoms with Crippen molar-refractivity contribution in [1.82, 2.24) is 0 Å². The Hall–Kier alpha value is -1.71. The van der Waals surface area contributed by atoms with Gasteiger partial charge in [0.15, 0.2) is 0 Å². The SMILES string of the molecule is COc1ccc(N2CCCC2)c(C2(C(=O)O)CC2)c1. The molecule has 4 nitrogen and oxygen atoms in total. The standard InChI is InChI=1S/C15H19NO3/c1-19-11-4-5-13(16-8-2-3-9-16)12(10-11)15(6-7-15)14(17)18/h4-5,10H,2-3,6-9H2,1H3,(H,17,18). The van der Waals surface area contributed by atoms with Crippen molar-refractivity contribution in [2.45, 2.75) is 31.1 Å². The molecule has 1 aromatic rings. The molecule has 4 heteroatoms. The molecule has 3 rings (SSSR count). The molecule has 1 heterocycles. The zero-order valence-corrected chi connectivity index (χ0v) is 11.2. The molecule has 102 valence electrons. The van der Waals surface area contributed by atoms with Crippen LogP contribution in [-0.2, 0) is 10.2 Å². The zero-order chi connectivity index (χ0) is 13.5. The van der Waals surface area contributed by atoms with Crippen molar-refractivity contribution in [3.05, 3.63) is 23.8 Å². The first kappa shape index (κ1) is 12.3. The minimum atomic E-state index is -0.707. The van der Waals surface area contributed by atoms with Gasteiger partial charge in [0.2, 0.25) is 0 Å². The lowest BCUT2D eigenvalue weighted by Gasteiger charge is -2.25. The molecule has 0 radical (unpaired) electrons. The van der Waals surface area contributed by atoms with Crippen LogP contribution in [0.3, 0.4) is 0 Å². The minimum absolute atomic E-state index is 0.674. The van der Waals surface area contributed by atoms with Crippen LogP contribution in [0.1, 0.15) is 31.2 Å². The largest absolute Gasteiger partial charge is 0.497 e. The van der Waals surface area contributed by atoms with Crippen molar-refractivity contribution in [3.8, 4) is 5.75 Å². The van der Waals surface area contributed by atoms with E-state index in [9.17, 15) is 9.90 Å². The molecule has 1 aliphatic carbocycles. The number of benzene rings is 1. The lowest BCUT2D eigenvalue weighted by atomic mass is 9.93. The maximum atomic E-state index is 11.6. The topological polar surface area (TPSA) is 49.8 Å². The molecule has 0 amide bonds. The first-order chi connectivity index (χ1) is 9.17. The van der Waals surface area contributed by atoms with Crippen molar-refractivity contribution in [3.63, 3.8) is 0 Å². The van der Waals surface area contributed by atoms with E-state index in [-0.39, 0.29) is 0 Å². The molecule has 0 bridgehead atoms. The number of methoxy groups -OCH3 is 1. The number of aliphatic carboxylic acids is 1. The summed E-state index contributed by atoms with van der Waals surface area (Å²) in [5.74, 6) is 0.0340. The van der Waals surface area contributed by atoms with Crippen molar-refractivity contribution in [2.24, 2.45) is 0 Å². The first-order valence-corrected chi connectivity index (χ1v) is 6.84. The van der Waals surface area contributed by atoms with Crippen LogP contribution in [-0.4, -0.2) is 31.3 Å². The average Bonchev–Trinajstić information content (AvgIpc) is 3.07. The average molecular weight is 261 g/mol. The van der Waals surface area contributed by atoms with E-state index in [1.165, 1.54) is 12.8 Å².